The number of piperazine rings is 1. The van der Waals surface area contributed by atoms with Crippen molar-refractivity contribution in [3.05, 3.63) is 76.6 Å². The molecule has 0 radical (unpaired) electrons. The predicted octanol–water partition coefficient (Wildman–Crippen LogP) is 3.41. The zero-order chi connectivity index (χ0) is 24.2. The zero-order valence-electron chi connectivity index (χ0n) is 19.1. The van der Waals surface area contributed by atoms with Crippen LogP contribution < -0.4 is 5.32 Å². The number of thiophene rings is 1. The van der Waals surface area contributed by atoms with Crippen LogP contribution in [0, 0.1) is 5.82 Å². The average molecular weight is 496 g/mol. The number of nitrogens with zero attached hydrogens (tertiary/aromatic N) is 4. The van der Waals surface area contributed by atoms with Crippen LogP contribution in [0.4, 0.5) is 10.1 Å². The normalized spacial score (nSPS) is 19.1. The zero-order valence-corrected chi connectivity index (χ0v) is 19.9. The number of rotatable bonds is 7. The van der Waals surface area contributed by atoms with Crippen molar-refractivity contribution in [2.24, 2.45) is 5.10 Å². The molecule has 1 fully saturated rings. The number of hydrogen-bond donors (Lipinski definition) is 1. The third-order valence-electron chi connectivity index (χ3n) is 6.14. The first-order valence-electron chi connectivity index (χ1n) is 11.5. The fourth-order valence-electron chi connectivity index (χ4n) is 4.37. The Balaban J connectivity index is 1.15. The van der Waals surface area contributed by atoms with Crippen LogP contribution in [0.5, 0.6) is 0 Å². The van der Waals surface area contributed by atoms with E-state index in [9.17, 15) is 14.0 Å². The highest BCUT2D eigenvalue weighted by molar-refractivity contribution is 7.12. The summed E-state index contributed by atoms with van der Waals surface area (Å²) in [5, 5.41) is 11.0. The van der Waals surface area contributed by atoms with Crippen LogP contribution in [0.3, 0.4) is 0 Å². The van der Waals surface area contributed by atoms with Gasteiger partial charge < -0.3 is 9.73 Å². The Hall–Kier alpha value is -3.34. The maximum Gasteiger partial charge on any atom is 0.257 e. The maximum atomic E-state index is 13.3. The number of carbonyl (C=O) groups excluding carboxylic acids is 2. The Bertz CT molecular complexity index is 1190. The molecule has 2 amide bonds. The Labute approximate surface area is 206 Å². The lowest BCUT2D eigenvalue weighted by atomic mass is 10.1. The molecule has 3 aromatic rings. The Morgan fingerprint density at radius 2 is 1.86 bits per heavy atom. The molecule has 10 heteroatoms. The van der Waals surface area contributed by atoms with E-state index in [1.54, 1.807) is 34.7 Å². The molecule has 182 valence electrons. The minimum Gasteiger partial charge on any atom is -0.467 e. The molecular weight excluding hydrogens is 469 g/mol. The summed E-state index contributed by atoms with van der Waals surface area (Å²) >= 11 is 1.61. The summed E-state index contributed by atoms with van der Waals surface area (Å²) in [6.45, 7) is 3.13. The quantitative estimate of drug-likeness (QED) is 0.543. The Morgan fingerprint density at radius 1 is 1.06 bits per heavy atom. The summed E-state index contributed by atoms with van der Waals surface area (Å²) in [7, 11) is 0. The maximum absolute atomic E-state index is 13.3. The lowest BCUT2D eigenvalue weighted by Crippen LogP contribution is -2.51. The first-order chi connectivity index (χ1) is 17.0. The van der Waals surface area contributed by atoms with Gasteiger partial charge >= 0.3 is 0 Å². The third-order valence-corrected chi connectivity index (χ3v) is 7.06. The number of amides is 2. The van der Waals surface area contributed by atoms with Crippen LogP contribution in [-0.2, 0) is 9.59 Å². The van der Waals surface area contributed by atoms with Crippen molar-refractivity contribution in [3.8, 4) is 0 Å². The summed E-state index contributed by atoms with van der Waals surface area (Å²) in [6.07, 6.45) is 2.23. The molecule has 8 nitrogen and oxygen atoms in total. The van der Waals surface area contributed by atoms with Gasteiger partial charge in [0, 0.05) is 38.3 Å². The van der Waals surface area contributed by atoms with Gasteiger partial charge in [-0.15, -0.1) is 11.3 Å². The molecular formula is C25H26FN5O3S. The van der Waals surface area contributed by atoms with Crippen molar-refractivity contribution in [2.75, 3.05) is 44.6 Å². The molecule has 2 aliphatic rings. The molecule has 2 aromatic heterocycles. The second-order valence-electron chi connectivity index (χ2n) is 8.61. The van der Waals surface area contributed by atoms with E-state index >= 15 is 0 Å². The highest BCUT2D eigenvalue weighted by Gasteiger charge is 2.36. The van der Waals surface area contributed by atoms with E-state index in [0.29, 0.717) is 38.3 Å². The van der Waals surface area contributed by atoms with E-state index in [1.165, 1.54) is 12.1 Å². The molecule has 0 saturated carbocycles. The summed E-state index contributed by atoms with van der Waals surface area (Å²) in [5.74, 6) is 0.0761. The van der Waals surface area contributed by atoms with E-state index in [1.807, 2.05) is 34.5 Å². The van der Waals surface area contributed by atoms with Crippen LogP contribution >= 0.6 is 11.3 Å². The standard InChI is InChI=1S/C25H26FN5O3S/c26-18-4-1-5-19(14-18)27-24(32)16-29-8-10-30(11-9-29)17-25(33)31-21(22-6-2-12-34-22)15-20(28-31)23-7-3-13-35-23/h1-7,12-14,21H,8-11,15-17H2,(H,27,32)/t21-/m0/s1. The van der Waals surface area contributed by atoms with Gasteiger partial charge in [-0.05, 0) is 41.8 Å². The molecule has 35 heavy (non-hydrogen) atoms. The van der Waals surface area contributed by atoms with Crippen molar-refractivity contribution < 1.29 is 18.4 Å². The second-order valence-corrected chi connectivity index (χ2v) is 9.56. The molecule has 0 unspecified atom stereocenters. The Kier molecular flexibility index (Phi) is 7.03. The molecule has 1 N–H and O–H groups in total. The average Bonchev–Trinajstić information content (AvgIpc) is 3.61. The lowest BCUT2D eigenvalue weighted by molar-refractivity contribution is -0.135. The molecule has 1 atom stereocenters. The smallest absolute Gasteiger partial charge is 0.257 e. The molecule has 1 aromatic carbocycles. The molecule has 1 saturated heterocycles. The van der Waals surface area contributed by atoms with Crippen molar-refractivity contribution in [2.45, 2.75) is 12.5 Å². The summed E-state index contributed by atoms with van der Waals surface area (Å²) in [5.41, 5.74) is 1.34. The highest BCUT2D eigenvalue weighted by atomic mass is 32.1. The fourth-order valence-corrected chi connectivity index (χ4v) is 5.09. The molecule has 2 aliphatic heterocycles. The topological polar surface area (TPSA) is 81.4 Å². The molecule has 0 bridgehead atoms. The van der Waals surface area contributed by atoms with Crippen LogP contribution in [0.2, 0.25) is 0 Å². The number of anilines is 1. The van der Waals surface area contributed by atoms with Crippen molar-refractivity contribution >= 4 is 34.6 Å². The third kappa shape index (κ3) is 5.67. The van der Waals surface area contributed by atoms with Crippen molar-refractivity contribution in [1.82, 2.24) is 14.8 Å². The minimum atomic E-state index is -0.389. The lowest BCUT2D eigenvalue weighted by Gasteiger charge is -2.34. The highest BCUT2D eigenvalue weighted by Crippen LogP contribution is 2.34. The SMILES string of the molecule is O=C(CN1CCN(CC(=O)N2N=C(c3cccs3)C[C@H]2c2ccco2)CC1)Nc1cccc(F)c1. The van der Waals surface area contributed by atoms with Crippen molar-refractivity contribution in [1.29, 1.82) is 0 Å². The van der Waals surface area contributed by atoms with E-state index in [4.69, 9.17) is 4.42 Å². The first kappa shape index (κ1) is 23.4. The van der Waals surface area contributed by atoms with Crippen LogP contribution in [-0.4, -0.2) is 71.6 Å². The van der Waals surface area contributed by atoms with Gasteiger partial charge in [-0.3, -0.25) is 19.4 Å². The van der Waals surface area contributed by atoms with Crippen LogP contribution in [0.25, 0.3) is 0 Å². The number of benzene rings is 1. The number of nitrogens with one attached hydrogen (secondary N) is 1. The molecule has 5 rings (SSSR count). The van der Waals surface area contributed by atoms with Gasteiger partial charge in [-0.1, -0.05) is 12.1 Å². The summed E-state index contributed by atoms with van der Waals surface area (Å²) < 4.78 is 18.9. The predicted molar refractivity (Wildman–Crippen MR) is 132 cm³/mol. The van der Waals surface area contributed by atoms with Crippen LogP contribution in [0.1, 0.15) is 23.1 Å². The van der Waals surface area contributed by atoms with Gasteiger partial charge in [0.15, 0.2) is 0 Å². The fraction of sp³-hybridized carbons (Fsp3) is 0.320. The van der Waals surface area contributed by atoms with Gasteiger partial charge in [-0.25, -0.2) is 9.40 Å². The molecule has 0 aliphatic carbocycles. The number of hydrazone groups is 1. The summed E-state index contributed by atoms with van der Waals surface area (Å²) in [4.78, 5) is 30.8. The molecule has 0 spiro atoms. The number of halogens is 1. The van der Waals surface area contributed by atoms with Gasteiger partial charge in [0.1, 0.15) is 17.6 Å². The Morgan fingerprint density at radius 3 is 2.54 bits per heavy atom. The van der Waals surface area contributed by atoms with Crippen LogP contribution in [0.15, 0.2) is 69.7 Å². The van der Waals surface area contributed by atoms with Crippen molar-refractivity contribution in [3.63, 3.8) is 0 Å². The van der Waals surface area contributed by atoms with E-state index in [0.717, 1.165) is 16.3 Å². The molecule has 4 heterocycles. The van der Waals surface area contributed by atoms with Gasteiger partial charge in [-0.2, -0.15) is 5.10 Å². The van der Waals surface area contributed by atoms with E-state index in [2.05, 4.69) is 15.3 Å². The van der Waals surface area contributed by atoms with Gasteiger partial charge in [0.2, 0.25) is 5.91 Å². The monoisotopic (exact) mass is 495 g/mol. The van der Waals surface area contributed by atoms with E-state index in [-0.39, 0.29) is 36.8 Å². The van der Waals surface area contributed by atoms with Gasteiger partial charge in [0.25, 0.3) is 5.91 Å². The number of carbonyl (C=O) groups is 2. The number of furan rings is 1. The first-order valence-corrected chi connectivity index (χ1v) is 12.4. The number of hydrogen-bond acceptors (Lipinski definition) is 7. The minimum absolute atomic E-state index is 0.0738. The van der Waals surface area contributed by atoms with E-state index < -0.39 is 0 Å². The summed E-state index contributed by atoms with van der Waals surface area (Å²) in [6, 6.07) is 13.3. The van der Waals surface area contributed by atoms with Gasteiger partial charge in [0.05, 0.1) is 29.9 Å². The second kappa shape index (κ2) is 10.5. The largest absolute Gasteiger partial charge is 0.467 e.